The number of aromatic amines is 1. The number of rotatable bonds is 3. The van der Waals surface area contributed by atoms with Gasteiger partial charge in [-0.2, -0.15) is 5.10 Å². The van der Waals surface area contributed by atoms with Gasteiger partial charge in [-0.1, -0.05) is 57.2 Å². The quantitative estimate of drug-likeness (QED) is 0.517. The van der Waals surface area contributed by atoms with Crippen molar-refractivity contribution in [2.45, 2.75) is 33.1 Å². The maximum Gasteiger partial charge on any atom is 0.162 e. The minimum absolute atomic E-state index is 0.118. The predicted octanol–water partition coefficient (Wildman–Crippen LogP) is 5.37. The first kappa shape index (κ1) is 17.2. The van der Waals surface area contributed by atoms with Crippen LogP contribution in [0, 0.1) is 6.92 Å². The van der Waals surface area contributed by atoms with E-state index >= 15 is 0 Å². The highest BCUT2D eigenvalue weighted by molar-refractivity contribution is 5.91. The Labute approximate surface area is 158 Å². The molecule has 0 spiro atoms. The average Bonchev–Trinajstić information content (AvgIpc) is 3.06. The van der Waals surface area contributed by atoms with Gasteiger partial charge in [-0.05, 0) is 30.0 Å². The van der Waals surface area contributed by atoms with Crippen LogP contribution in [0.3, 0.4) is 0 Å². The molecule has 4 aromatic rings. The van der Waals surface area contributed by atoms with Crippen LogP contribution in [0.15, 0.2) is 54.6 Å². The fourth-order valence-electron chi connectivity index (χ4n) is 3.02. The van der Waals surface area contributed by atoms with Crippen molar-refractivity contribution in [3.05, 3.63) is 65.9 Å². The maximum absolute atomic E-state index is 4.79. The number of benzene rings is 2. The highest BCUT2D eigenvalue weighted by Gasteiger charge is 2.15. The Morgan fingerprint density at radius 2 is 1.67 bits per heavy atom. The van der Waals surface area contributed by atoms with Crippen molar-refractivity contribution in [1.82, 2.24) is 20.2 Å². The van der Waals surface area contributed by atoms with Gasteiger partial charge in [-0.25, -0.2) is 9.97 Å². The van der Waals surface area contributed by atoms with Gasteiger partial charge in [0.2, 0.25) is 0 Å². The third kappa shape index (κ3) is 3.53. The Bertz CT molecular complexity index is 1090. The molecule has 0 saturated carbocycles. The Morgan fingerprint density at radius 3 is 2.33 bits per heavy atom. The standard InChI is InChI=1S/C22H23N5/c1-14-13-19(27-26-14)24-21-17-7-5-6-8-18(17)23-20(25-21)15-9-11-16(12-10-15)22(2,3)4/h5-13H,1-4H3,(H2,23,24,25,26,27). The van der Waals surface area contributed by atoms with Gasteiger partial charge >= 0.3 is 0 Å². The van der Waals surface area contributed by atoms with E-state index in [-0.39, 0.29) is 5.41 Å². The molecular weight excluding hydrogens is 334 g/mol. The molecule has 2 aromatic heterocycles. The monoisotopic (exact) mass is 357 g/mol. The van der Waals surface area contributed by atoms with E-state index in [9.17, 15) is 0 Å². The second-order valence-corrected chi connectivity index (χ2v) is 7.80. The van der Waals surface area contributed by atoms with Crippen molar-refractivity contribution in [3.63, 3.8) is 0 Å². The Kier molecular flexibility index (Phi) is 4.15. The number of hydrogen-bond donors (Lipinski definition) is 2. The number of hydrogen-bond acceptors (Lipinski definition) is 4. The van der Waals surface area contributed by atoms with Crippen LogP contribution in [0.1, 0.15) is 32.0 Å². The molecule has 5 heteroatoms. The summed E-state index contributed by atoms with van der Waals surface area (Å²) in [6, 6.07) is 18.4. The van der Waals surface area contributed by atoms with E-state index in [0.717, 1.165) is 33.8 Å². The van der Waals surface area contributed by atoms with Crippen LogP contribution >= 0.6 is 0 Å². The SMILES string of the molecule is Cc1cc(Nc2nc(-c3ccc(C(C)(C)C)cc3)nc3ccccc23)n[nH]1. The molecule has 2 heterocycles. The normalized spacial score (nSPS) is 11.7. The lowest BCUT2D eigenvalue weighted by Gasteiger charge is -2.19. The molecule has 5 nitrogen and oxygen atoms in total. The molecule has 0 saturated heterocycles. The van der Waals surface area contributed by atoms with Crippen molar-refractivity contribution >= 4 is 22.5 Å². The average molecular weight is 357 g/mol. The van der Waals surface area contributed by atoms with Crippen LogP contribution in [0.2, 0.25) is 0 Å². The van der Waals surface area contributed by atoms with Crippen LogP contribution in [0.25, 0.3) is 22.3 Å². The summed E-state index contributed by atoms with van der Waals surface area (Å²) < 4.78 is 0. The molecule has 2 aromatic carbocycles. The molecule has 0 aliphatic rings. The number of H-pyrrole nitrogens is 1. The molecule has 2 N–H and O–H groups in total. The van der Waals surface area contributed by atoms with Gasteiger partial charge < -0.3 is 5.32 Å². The lowest BCUT2D eigenvalue weighted by atomic mass is 9.87. The topological polar surface area (TPSA) is 66.5 Å². The van der Waals surface area contributed by atoms with Crippen molar-refractivity contribution in [3.8, 4) is 11.4 Å². The first-order valence-electron chi connectivity index (χ1n) is 9.07. The zero-order valence-electron chi connectivity index (χ0n) is 16.0. The summed E-state index contributed by atoms with van der Waals surface area (Å²) in [4.78, 5) is 9.56. The van der Waals surface area contributed by atoms with Gasteiger partial charge in [0.15, 0.2) is 11.6 Å². The lowest BCUT2D eigenvalue weighted by Crippen LogP contribution is -2.10. The van der Waals surface area contributed by atoms with Crippen LogP contribution < -0.4 is 5.32 Å². The van der Waals surface area contributed by atoms with Crippen molar-refractivity contribution in [2.24, 2.45) is 0 Å². The van der Waals surface area contributed by atoms with E-state index < -0.39 is 0 Å². The Balaban J connectivity index is 1.79. The first-order chi connectivity index (χ1) is 12.9. The molecule has 0 aliphatic carbocycles. The molecule has 0 radical (unpaired) electrons. The van der Waals surface area contributed by atoms with Crippen LogP contribution in [-0.2, 0) is 5.41 Å². The molecule has 4 rings (SSSR count). The van der Waals surface area contributed by atoms with E-state index in [1.165, 1.54) is 5.56 Å². The van der Waals surface area contributed by atoms with E-state index in [2.05, 4.69) is 60.6 Å². The highest BCUT2D eigenvalue weighted by Crippen LogP contribution is 2.29. The molecule has 27 heavy (non-hydrogen) atoms. The lowest BCUT2D eigenvalue weighted by molar-refractivity contribution is 0.590. The highest BCUT2D eigenvalue weighted by atomic mass is 15.2. The zero-order chi connectivity index (χ0) is 19.0. The van der Waals surface area contributed by atoms with Gasteiger partial charge in [-0.3, -0.25) is 5.10 Å². The molecular formula is C22H23N5. The molecule has 0 bridgehead atoms. The summed E-state index contributed by atoms with van der Waals surface area (Å²) in [5, 5.41) is 11.5. The molecule has 0 fully saturated rings. The van der Waals surface area contributed by atoms with Gasteiger partial charge in [0, 0.05) is 22.7 Å². The summed E-state index contributed by atoms with van der Waals surface area (Å²) in [5.74, 6) is 2.19. The molecule has 0 aliphatic heterocycles. The van der Waals surface area contributed by atoms with Gasteiger partial charge in [-0.15, -0.1) is 0 Å². The zero-order valence-corrected chi connectivity index (χ0v) is 16.0. The summed E-state index contributed by atoms with van der Waals surface area (Å²) in [7, 11) is 0. The fourth-order valence-corrected chi connectivity index (χ4v) is 3.02. The van der Waals surface area contributed by atoms with Crippen molar-refractivity contribution < 1.29 is 0 Å². The Morgan fingerprint density at radius 1 is 0.926 bits per heavy atom. The number of aromatic nitrogens is 4. The smallest absolute Gasteiger partial charge is 0.162 e. The summed E-state index contributed by atoms with van der Waals surface area (Å²) in [5.41, 5.74) is 4.30. The number of aryl methyl sites for hydroxylation is 1. The third-order valence-electron chi connectivity index (χ3n) is 4.56. The summed E-state index contributed by atoms with van der Waals surface area (Å²) in [6.45, 7) is 8.60. The molecule has 0 unspecified atom stereocenters. The summed E-state index contributed by atoms with van der Waals surface area (Å²) >= 11 is 0. The van der Waals surface area contributed by atoms with Crippen LogP contribution in [0.4, 0.5) is 11.6 Å². The van der Waals surface area contributed by atoms with Crippen molar-refractivity contribution in [2.75, 3.05) is 5.32 Å². The first-order valence-corrected chi connectivity index (χ1v) is 9.07. The third-order valence-corrected chi connectivity index (χ3v) is 4.56. The maximum atomic E-state index is 4.79. The van der Waals surface area contributed by atoms with E-state index in [0.29, 0.717) is 5.82 Å². The largest absolute Gasteiger partial charge is 0.323 e. The van der Waals surface area contributed by atoms with Gasteiger partial charge in [0.1, 0.15) is 5.82 Å². The number of nitrogens with zero attached hydrogens (tertiary/aromatic N) is 3. The van der Waals surface area contributed by atoms with Crippen LogP contribution in [-0.4, -0.2) is 20.2 Å². The van der Waals surface area contributed by atoms with Gasteiger partial charge in [0.25, 0.3) is 0 Å². The molecule has 0 atom stereocenters. The second-order valence-electron chi connectivity index (χ2n) is 7.80. The van der Waals surface area contributed by atoms with Crippen molar-refractivity contribution in [1.29, 1.82) is 0 Å². The Hall–Kier alpha value is -3.21. The van der Waals surface area contributed by atoms with E-state index in [1.807, 2.05) is 37.3 Å². The fraction of sp³-hybridized carbons (Fsp3) is 0.227. The summed E-state index contributed by atoms with van der Waals surface area (Å²) in [6.07, 6.45) is 0. The molecule has 136 valence electrons. The van der Waals surface area contributed by atoms with E-state index in [4.69, 9.17) is 9.97 Å². The van der Waals surface area contributed by atoms with E-state index in [1.54, 1.807) is 0 Å². The minimum Gasteiger partial charge on any atom is -0.323 e. The number of para-hydroxylation sites is 1. The number of fused-ring (bicyclic) bond motifs is 1. The van der Waals surface area contributed by atoms with Crippen LogP contribution in [0.5, 0.6) is 0 Å². The molecule has 0 amide bonds. The van der Waals surface area contributed by atoms with Gasteiger partial charge in [0.05, 0.1) is 5.52 Å². The predicted molar refractivity (Wildman–Crippen MR) is 110 cm³/mol. The minimum atomic E-state index is 0.118. The number of nitrogens with one attached hydrogen (secondary N) is 2. The second kappa shape index (κ2) is 6.50. The number of anilines is 2.